The van der Waals surface area contributed by atoms with Gasteiger partial charge in [-0.2, -0.15) is 5.26 Å². The third-order valence-electron chi connectivity index (χ3n) is 2.93. The summed E-state index contributed by atoms with van der Waals surface area (Å²) >= 11 is 0. The predicted molar refractivity (Wildman–Crippen MR) is 83.5 cm³/mol. The van der Waals surface area contributed by atoms with Crippen LogP contribution in [0.3, 0.4) is 0 Å². The van der Waals surface area contributed by atoms with Crippen molar-refractivity contribution in [3.63, 3.8) is 0 Å². The van der Waals surface area contributed by atoms with Gasteiger partial charge in [0, 0.05) is 5.56 Å². The lowest BCUT2D eigenvalue weighted by atomic mass is 10.1. The van der Waals surface area contributed by atoms with Crippen LogP contribution < -0.4 is 15.2 Å². The molecule has 1 heterocycles. The monoisotopic (exact) mass is 298 g/mol. The molecule has 0 bridgehead atoms. The number of rotatable bonds is 5. The summed E-state index contributed by atoms with van der Waals surface area (Å²) in [6, 6.07) is 7.37. The minimum Gasteiger partial charge on any atom is -0.493 e. The first kappa shape index (κ1) is 15.6. The predicted octanol–water partition coefficient (Wildman–Crippen LogP) is 2.64. The first-order valence-electron chi connectivity index (χ1n) is 6.89. The summed E-state index contributed by atoms with van der Waals surface area (Å²) in [4.78, 5) is 8.29. The van der Waals surface area contributed by atoms with Crippen molar-refractivity contribution in [2.75, 3.05) is 19.5 Å². The second-order valence-electron chi connectivity index (χ2n) is 5.17. The Hall–Kier alpha value is -2.81. The van der Waals surface area contributed by atoms with Crippen molar-refractivity contribution in [2.45, 2.75) is 13.8 Å². The summed E-state index contributed by atoms with van der Waals surface area (Å²) in [5.74, 6) is 2.29. The maximum absolute atomic E-state index is 8.86. The quantitative estimate of drug-likeness (QED) is 0.912. The Labute approximate surface area is 129 Å². The summed E-state index contributed by atoms with van der Waals surface area (Å²) in [6.07, 6.45) is 1.41. The number of hydrogen-bond acceptors (Lipinski definition) is 6. The van der Waals surface area contributed by atoms with Gasteiger partial charge in [-0.1, -0.05) is 13.8 Å². The molecule has 114 valence electrons. The topological polar surface area (TPSA) is 94.0 Å². The largest absolute Gasteiger partial charge is 0.493 e. The third kappa shape index (κ3) is 3.44. The molecule has 1 aromatic heterocycles. The van der Waals surface area contributed by atoms with E-state index in [1.54, 1.807) is 13.2 Å². The van der Waals surface area contributed by atoms with Crippen molar-refractivity contribution in [1.82, 2.24) is 9.97 Å². The van der Waals surface area contributed by atoms with E-state index in [-0.39, 0.29) is 11.4 Å². The second kappa shape index (κ2) is 6.76. The van der Waals surface area contributed by atoms with Crippen LogP contribution in [0.25, 0.3) is 11.4 Å². The van der Waals surface area contributed by atoms with Crippen LogP contribution in [-0.4, -0.2) is 23.7 Å². The molecular weight excluding hydrogens is 280 g/mol. The molecule has 0 spiro atoms. The van der Waals surface area contributed by atoms with Gasteiger partial charge >= 0.3 is 0 Å². The lowest BCUT2D eigenvalue weighted by Gasteiger charge is -2.13. The van der Waals surface area contributed by atoms with E-state index in [4.69, 9.17) is 20.5 Å². The molecule has 0 saturated heterocycles. The van der Waals surface area contributed by atoms with Crippen LogP contribution >= 0.6 is 0 Å². The molecule has 0 unspecified atom stereocenters. The molecule has 22 heavy (non-hydrogen) atoms. The molecule has 2 aromatic rings. The lowest BCUT2D eigenvalue weighted by Crippen LogP contribution is -2.05. The fourth-order valence-electron chi connectivity index (χ4n) is 1.80. The fraction of sp³-hybridized carbons (Fsp3) is 0.312. The zero-order chi connectivity index (χ0) is 16.1. The van der Waals surface area contributed by atoms with E-state index in [9.17, 15) is 0 Å². The van der Waals surface area contributed by atoms with Gasteiger partial charge in [-0.3, -0.25) is 0 Å². The summed E-state index contributed by atoms with van der Waals surface area (Å²) < 4.78 is 11.1. The van der Waals surface area contributed by atoms with E-state index in [1.165, 1.54) is 6.20 Å². The van der Waals surface area contributed by atoms with Crippen molar-refractivity contribution in [1.29, 1.82) is 5.26 Å². The van der Waals surface area contributed by atoms with E-state index in [0.29, 0.717) is 29.8 Å². The number of methoxy groups -OCH3 is 1. The number of nitrogens with zero attached hydrogens (tertiary/aromatic N) is 3. The minimum atomic E-state index is 0.159. The Morgan fingerprint density at radius 2 is 2.09 bits per heavy atom. The average molecular weight is 298 g/mol. The van der Waals surface area contributed by atoms with Crippen molar-refractivity contribution in [3.05, 3.63) is 30.0 Å². The number of benzene rings is 1. The number of aromatic nitrogens is 2. The molecule has 0 radical (unpaired) electrons. The summed E-state index contributed by atoms with van der Waals surface area (Å²) in [5, 5.41) is 8.86. The molecule has 2 rings (SSSR count). The Morgan fingerprint density at radius 1 is 1.32 bits per heavy atom. The minimum absolute atomic E-state index is 0.159. The zero-order valence-corrected chi connectivity index (χ0v) is 12.8. The van der Waals surface area contributed by atoms with Crippen LogP contribution in [-0.2, 0) is 0 Å². The number of nitriles is 1. The molecule has 0 aliphatic rings. The Balaban J connectivity index is 2.33. The lowest BCUT2D eigenvalue weighted by molar-refractivity contribution is 0.257. The highest BCUT2D eigenvalue weighted by molar-refractivity contribution is 5.63. The molecule has 0 fully saturated rings. The molecule has 0 amide bonds. The van der Waals surface area contributed by atoms with Gasteiger partial charge in [-0.05, 0) is 24.1 Å². The van der Waals surface area contributed by atoms with Gasteiger partial charge in [-0.15, -0.1) is 0 Å². The van der Waals surface area contributed by atoms with Crippen LogP contribution in [0.4, 0.5) is 5.82 Å². The zero-order valence-electron chi connectivity index (χ0n) is 12.8. The van der Waals surface area contributed by atoms with E-state index in [2.05, 4.69) is 23.8 Å². The normalized spacial score (nSPS) is 10.3. The fourth-order valence-corrected chi connectivity index (χ4v) is 1.80. The van der Waals surface area contributed by atoms with E-state index < -0.39 is 0 Å². The Kier molecular flexibility index (Phi) is 4.79. The maximum atomic E-state index is 8.86. The van der Waals surface area contributed by atoms with Gasteiger partial charge in [0.2, 0.25) is 0 Å². The van der Waals surface area contributed by atoms with Crippen LogP contribution in [0.1, 0.15) is 19.4 Å². The SMILES string of the molecule is COc1cc(-c2ncc(C#N)c(N)n2)ccc1OCC(C)C. The van der Waals surface area contributed by atoms with E-state index in [0.717, 1.165) is 5.56 Å². The number of anilines is 1. The Morgan fingerprint density at radius 3 is 2.68 bits per heavy atom. The highest BCUT2D eigenvalue weighted by atomic mass is 16.5. The number of ether oxygens (including phenoxy) is 2. The van der Waals surface area contributed by atoms with Crippen molar-refractivity contribution >= 4 is 5.82 Å². The van der Waals surface area contributed by atoms with Gasteiger partial charge in [-0.25, -0.2) is 9.97 Å². The van der Waals surface area contributed by atoms with Crippen LogP contribution in [0.5, 0.6) is 11.5 Å². The molecule has 0 aliphatic carbocycles. The highest BCUT2D eigenvalue weighted by Crippen LogP contribution is 2.32. The highest BCUT2D eigenvalue weighted by Gasteiger charge is 2.11. The molecular formula is C16H18N4O2. The molecule has 0 atom stereocenters. The smallest absolute Gasteiger partial charge is 0.161 e. The van der Waals surface area contributed by atoms with Gasteiger partial charge < -0.3 is 15.2 Å². The molecule has 0 saturated carbocycles. The first-order chi connectivity index (χ1) is 10.5. The van der Waals surface area contributed by atoms with Crippen LogP contribution in [0.2, 0.25) is 0 Å². The van der Waals surface area contributed by atoms with E-state index in [1.807, 2.05) is 18.2 Å². The van der Waals surface area contributed by atoms with Gasteiger partial charge in [0.25, 0.3) is 0 Å². The second-order valence-corrected chi connectivity index (χ2v) is 5.17. The molecule has 0 aliphatic heterocycles. The molecule has 6 heteroatoms. The van der Waals surface area contributed by atoms with Gasteiger partial charge in [0.15, 0.2) is 17.3 Å². The average Bonchev–Trinajstić information content (AvgIpc) is 2.52. The standard InChI is InChI=1S/C16H18N4O2/c1-10(2)9-22-13-5-4-11(6-14(13)21-3)16-19-8-12(7-17)15(18)20-16/h4-6,8,10H,9H2,1-3H3,(H2,18,19,20). The van der Waals surface area contributed by atoms with E-state index >= 15 is 0 Å². The summed E-state index contributed by atoms with van der Waals surface area (Å²) in [5.41, 5.74) is 6.72. The summed E-state index contributed by atoms with van der Waals surface area (Å²) in [6.45, 7) is 4.76. The van der Waals surface area contributed by atoms with Gasteiger partial charge in [0.05, 0.1) is 19.9 Å². The number of nitrogens with two attached hydrogens (primary N) is 1. The van der Waals surface area contributed by atoms with Crippen molar-refractivity contribution in [3.8, 4) is 29.0 Å². The number of hydrogen-bond donors (Lipinski definition) is 1. The summed E-state index contributed by atoms with van der Waals surface area (Å²) in [7, 11) is 1.58. The molecule has 6 nitrogen and oxygen atoms in total. The van der Waals surface area contributed by atoms with Crippen molar-refractivity contribution in [2.24, 2.45) is 5.92 Å². The maximum Gasteiger partial charge on any atom is 0.161 e. The molecule has 2 N–H and O–H groups in total. The van der Waals surface area contributed by atoms with Crippen LogP contribution in [0, 0.1) is 17.2 Å². The van der Waals surface area contributed by atoms with Gasteiger partial charge in [0.1, 0.15) is 17.5 Å². The Bertz CT molecular complexity index is 708. The first-order valence-corrected chi connectivity index (χ1v) is 6.89. The van der Waals surface area contributed by atoms with Crippen molar-refractivity contribution < 1.29 is 9.47 Å². The number of nitrogen functional groups attached to an aromatic ring is 1. The third-order valence-corrected chi connectivity index (χ3v) is 2.93. The van der Waals surface area contributed by atoms with Crippen LogP contribution in [0.15, 0.2) is 24.4 Å². The molecule has 1 aromatic carbocycles.